The SMILES string of the molecule is CC(C)(N)C(=O)NC(C)(C)C(=O)NC(Cc1ccccn1)c1ccccc1. The Morgan fingerprint density at radius 2 is 1.63 bits per heavy atom. The molecule has 0 aliphatic carbocycles. The molecule has 1 heterocycles. The number of amides is 2. The van der Waals surface area contributed by atoms with Crippen LogP contribution in [0, 0.1) is 0 Å². The zero-order valence-electron chi connectivity index (χ0n) is 16.3. The van der Waals surface area contributed by atoms with E-state index in [2.05, 4.69) is 15.6 Å². The third kappa shape index (κ3) is 5.89. The molecule has 0 aliphatic rings. The van der Waals surface area contributed by atoms with E-state index in [1.165, 1.54) is 0 Å². The Balaban J connectivity index is 2.19. The topological polar surface area (TPSA) is 97.1 Å². The van der Waals surface area contributed by atoms with Crippen LogP contribution in [0.3, 0.4) is 0 Å². The van der Waals surface area contributed by atoms with E-state index in [1.807, 2.05) is 48.5 Å². The number of carbonyl (C=O) groups is 2. The minimum Gasteiger partial charge on any atom is -0.347 e. The predicted molar refractivity (Wildman–Crippen MR) is 106 cm³/mol. The number of benzene rings is 1. The Hall–Kier alpha value is -2.73. The van der Waals surface area contributed by atoms with E-state index in [4.69, 9.17) is 5.73 Å². The summed E-state index contributed by atoms with van der Waals surface area (Å²) in [5.74, 6) is -0.673. The summed E-state index contributed by atoms with van der Waals surface area (Å²) >= 11 is 0. The summed E-state index contributed by atoms with van der Waals surface area (Å²) < 4.78 is 0. The van der Waals surface area contributed by atoms with Crippen LogP contribution in [0.1, 0.15) is 45.0 Å². The van der Waals surface area contributed by atoms with Crippen LogP contribution in [0.5, 0.6) is 0 Å². The zero-order chi connectivity index (χ0) is 20.1. The van der Waals surface area contributed by atoms with E-state index in [0.717, 1.165) is 11.3 Å². The molecule has 0 aliphatic heterocycles. The van der Waals surface area contributed by atoms with Crippen LogP contribution in [0.25, 0.3) is 0 Å². The van der Waals surface area contributed by atoms with Crippen molar-refractivity contribution < 1.29 is 9.59 Å². The molecule has 0 bridgehead atoms. The quantitative estimate of drug-likeness (QED) is 0.697. The number of rotatable bonds is 7. The van der Waals surface area contributed by atoms with Crippen molar-refractivity contribution in [3.8, 4) is 0 Å². The first-order valence-corrected chi connectivity index (χ1v) is 8.97. The first-order chi connectivity index (χ1) is 12.6. The van der Waals surface area contributed by atoms with Gasteiger partial charge in [-0.05, 0) is 45.4 Å². The van der Waals surface area contributed by atoms with Gasteiger partial charge in [0.15, 0.2) is 0 Å². The third-order valence-electron chi connectivity index (χ3n) is 4.23. The van der Waals surface area contributed by atoms with E-state index >= 15 is 0 Å². The van der Waals surface area contributed by atoms with Gasteiger partial charge in [-0.3, -0.25) is 14.6 Å². The molecule has 2 rings (SSSR count). The van der Waals surface area contributed by atoms with Crippen molar-refractivity contribution in [3.05, 3.63) is 66.0 Å². The lowest BCUT2D eigenvalue weighted by molar-refractivity contribution is -0.134. The summed E-state index contributed by atoms with van der Waals surface area (Å²) in [4.78, 5) is 29.5. The summed E-state index contributed by atoms with van der Waals surface area (Å²) in [5.41, 5.74) is 5.50. The van der Waals surface area contributed by atoms with Crippen molar-refractivity contribution in [1.29, 1.82) is 0 Å². The van der Waals surface area contributed by atoms with Gasteiger partial charge in [0, 0.05) is 18.3 Å². The van der Waals surface area contributed by atoms with Gasteiger partial charge in [-0.2, -0.15) is 0 Å². The van der Waals surface area contributed by atoms with E-state index in [1.54, 1.807) is 33.9 Å². The number of hydrogen-bond acceptors (Lipinski definition) is 4. The maximum absolute atomic E-state index is 12.9. The molecule has 0 spiro atoms. The van der Waals surface area contributed by atoms with Crippen molar-refractivity contribution in [2.75, 3.05) is 0 Å². The Labute approximate surface area is 160 Å². The van der Waals surface area contributed by atoms with Crippen LogP contribution in [0.4, 0.5) is 0 Å². The van der Waals surface area contributed by atoms with E-state index < -0.39 is 11.1 Å². The number of carbonyl (C=O) groups excluding carboxylic acids is 2. The average Bonchev–Trinajstić information content (AvgIpc) is 2.61. The highest BCUT2D eigenvalue weighted by atomic mass is 16.2. The fraction of sp³-hybridized carbons (Fsp3) is 0.381. The van der Waals surface area contributed by atoms with Gasteiger partial charge < -0.3 is 16.4 Å². The summed E-state index contributed by atoms with van der Waals surface area (Å²) in [7, 11) is 0. The highest BCUT2D eigenvalue weighted by Gasteiger charge is 2.35. The normalized spacial score (nSPS) is 12.9. The monoisotopic (exact) mass is 368 g/mol. The standard InChI is InChI=1S/C21H28N4O2/c1-20(2,22)18(26)25-21(3,4)19(27)24-17(15-10-6-5-7-11-15)14-16-12-8-9-13-23-16/h5-13,17H,14,22H2,1-4H3,(H,24,27)(H,25,26). The van der Waals surface area contributed by atoms with Gasteiger partial charge >= 0.3 is 0 Å². The summed E-state index contributed by atoms with van der Waals surface area (Å²) in [6.45, 7) is 6.53. The molecule has 1 unspecified atom stereocenters. The van der Waals surface area contributed by atoms with Gasteiger partial charge in [-0.15, -0.1) is 0 Å². The number of pyridine rings is 1. The van der Waals surface area contributed by atoms with E-state index in [0.29, 0.717) is 6.42 Å². The molecular weight excluding hydrogens is 340 g/mol. The van der Waals surface area contributed by atoms with Gasteiger partial charge in [0.2, 0.25) is 11.8 Å². The average molecular weight is 368 g/mol. The zero-order valence-corrected chi connectivity index (χ0v) is 16.3. The van der Waals surface area contributed by atoms with Gasteiger partial charge in [0.1, 0.15) is 5.54 Å². The van der Waals surface area contributed by atoms with Crippen LogP contribution >= 0.6 is 0 Å². The van der Waals surface area contributed by atoms with Crippen LogP contribution in [-0.2, 0) is 16.0 Å². The molecule has 2 aromatic rings. The van der Waals surface area contributed by atoms with Crippen molar-refractivity contribution in [2.45, 2.75) is 51.2 Å². The minimum absolute atomic E-state index is 0.268. The highest BCUT2D eigenvalue weighted by molar-refractivity contribution is 5.93. The lowest BCUT2D eigenvalue weighted by Crippen LogP contribution is -2.61. The highest BCUT2D eigenvalue weighted by Crippen LogP contribution is 2.19. The third-order valence-corrected chi connectivity index (χ3v) is 4.23. The maximum atomic E-state index is 12.9. The number of nitrogens with two attached hydrogens (primary N) is 1. The molecule has 1 aromatic heterocycles. The Morgan fingerprint density at radius 1 is 1.00 bits per heavy atom. The molecule has 6 nitrogen and oxygen atoms in total. The van der Waals surface area contributed by atoms with Crippen LogP contribution in [-0.4, -0.2) is 27.9 Å². The van der Waals surface area contributed by atoms with Crippen LogP contribution in [0.2, 0.25) is 0 Å². The fourth-order valence-electron chi connectivity index (χ4n) is 2.51. The molecule has 1 atom stereocenters. The number of hydrogen-bond donors (Lipinski definition) is 3. The van der Waals surface area contributed by atoms with E-state index in [-0.39, 0.29) is 17.9 Å². The maximum Gasteiger partial charge on any atom is 0.245 e. The van der Waals surface area contributed by atoms with Crippen molar-refractivity contribution in [2.24, 2.45) is 5.73 Å². The molecule has 0 radical (unpaired) electrons. The molecule has 4 N–H and O–H groups in total. The molecule has 2 amide bonds. The van der Waals surface area contributed by atoms with Crippen LogP contribution < -0.4 is 16.4 Å². The summed E-state index contributed by atoms with van der Waals surface area (Å²) in [5, 5.41) is 5.77. The molecule has 1 aromatic carbocycles. The van der Waals surface area contributed by atoms with Crippen molar-refractivity contribution in [3.63, 3.8) is 0 Å². The smallest absolute Gasteiger partial charge is 0.245 e. The Bertz CT molecular complexity index is 768. The Morgan fingerprint density at radius 3 is 2.19 bits per heavy atom. The molecule has 144 valence electrons. The van der Waals surface area contributed by atoms with Gasteiger partial charge in [-0.25, -0.2) is 0 Å². The fourth-order valence-corrected chi connectivity index (χ4v) is 2.51. The number of nitrogens with one attached hydrogen (secondary N) is 2. The first kappa shape index (κ1) is 20.6. The van der Waals surface area contributed by atoms with Gasteiger partial charge in [0.25, 0.3) is 0 Å². The molecule has 0 saturated carbocycles. The number of aromatic nitrogens is 1. The second-order valence-corrected chi connectivity index (χ2v) is 7.76. The molecule has 27 heavy (non-hydrogen) atoms. The lowest BCUT2D eigenvalue weighted by atomic mass is 9.97. The second kappa shape index (κ2) is 8.31. The number of nitrogens with zero attached hydrogens (tertiary/aromatic N) is 1. The van der Waals surface area contributed by atoms with Crippen molar-refractivity contribution >= 4 is 11.8 Å². The summed E-state index contributed by atoms with van der Waals surface area (Å²) in [6.07, 6.45) is 2.27. The van der Waals surface area contributed by atoms with Crippen molar-refractivity contribution in [1.82, 2.24) is 15.6 Å². The van der Waals surface area contributed by atoms with E-state index in [9.17, 15) is 9.59 Å². The molecule has 0 saturated heterocycles. The van der Waals surface area contributed by atoms with Crippen LogP contribution in [0.15, 0.2) is 54.7 Å². The lowest BCUT2D eigenvalue weighted by Gasteiger charge is -2.31. The molecule has 6 heteroatoms. The molecular formula is C21H28N4O2. The summed E-state index contributed by atoms with van der Waals surface area (Å²) in [6, 6.07) is 15.1. The van der Waals surface area contributed by atoms with Gasteiger partial charge in [0.05, 0.1) is 11.6 Å². The minimum atomic E-state index is -1.11. The Kier molecular flexibility index (Phi) is 6.33. The molecule has 0 fully saturated rings. The first-order valence-electron chi connectivity index (χ1n) is 8.97. The van der Waals surface area contributed by atoms with Gasteiger partial charge in [-0.1, -0.05) is 36.4 Å². The predicted octanol–water partition coefficient (Wildman–Crippen LogP) is 2.11. The largest absolute Gasteiger partial charge is 0.347 e. The second-order valence-electron chi connectivity index (χ2n) is 7.76.